The Hall–Kier alpha value is -1.35. The van der Waals surface area contributed by atoms with Crippen LogP contribution >= 0.6 is 0 Å². The zero-order valence-corrected chi connectivity index (χ0v) is 7.03. The molecule has 1 aromatic carbocycles. The Kier molecular flexibility index (Phi) is 2.02. The molecule has 0 saturated heterocycles. The SMILES string of the molecule is O=C([O-])C1OCCc2ccccc21. The molecule has 2 rings (SSSR count). The summed E-state index contributed by atoms with van der Waals surface area (Å²) in [6, 6.07) is 7.41. The fourth-order valence-electron chi connectivity index (χ4n) is 1.59. The predicted molar refractivity (Wildman–Crippen MR) is 43.8 cm³/mol. The summed E-state index contributed by atoms with van der Waals surface area (Å²) >= 11 is 0. The monoisotopic (exact) mass is 177 g/mol. The number of hydrogen-bond acceptors (Lipinski definition) is 3. The normalized spacial score (nSPS) is 20.8. The average molecular weight is 177 g/mol. The summed E-state index contributed by atoms with van der Waals surface area (Å²) in [4.78, 5) is 10.7. The summed E-state index contributed by atoms with van der Waals surface area (Å²) in [7, 11) is 0. The standard InChI is InChI=1S/C10H10O3/c11-10(12)9-8-4-2-1-3-7(8)5-6-13-9/h1-4,9H,5-6H2,(H,11,12)/p-1. The van der Waals surface area contributed by atoms with E-state index in [-0.39, 0.29) is 0 Å². The average Bonchev–Trinajstić information content (AvgIpc) is 2.17. The topological polar surface area (TPSA) is 49.4 Å². The van der Waals surface area contributed by atoms with Crippen LogP contribution in [0.15, 0.2) is 24.3 Å². The molecule has 13 heavy (non-hydrogen) atoms. The summed E-state index contributed by atoms with van der Waals surface area (Å²) in [5, 5.41) is 10.7. The van der Waals surface area contributed by atoms with Crippen LogP contribution in [0.25, 0.3) is 0 Å². The second-order valence-electron chi connectivity index (χ2n) is 3.02. The van der Waals surface area contributed by atoms with Crippen LogP contribution in [0.2, 0.25) is 0 Å². The van der Waals surface area contributed by atoms with Crippen LogP contribution in [0.5, 0.6) is 0 Å². The Morgan fingerprint density at radius 1 is 1.46 bits per heavy atom. The number of carboxylic acids is 1. The van der Waals surface area contributed by atoms with Crippen molar-refractivity contribution in [3.8, 4) is 0 Å². The molecule has 0 N–H and O–H groups in total. The minimum atomic E-state index is -1.16. The van der Waals surface area contributed by atoms with Gasteiger partial charge in [0.05, 0.1) is 12.6 Å². The fraction of sp³-hybridized carbons (Fsp3) is 0.300. The van der Waals surface area contributed by atoms with Crippen molar-refractivity contribution in [1.29, 1.82) is 0 Å². The lowest BCUT2D eigenvalue weighted by molar-refractivity contribution is -0.318. The molecule has 0 aromatic heterocycles. The number of ether oxygens (including phenoxy) is 1. The van der Waals surface area contributed by atoms with Crippen molar-refractivity contribution < 1.29 is 14.6 Å². The van der Waals surface area contributed by atoms with Gasteiger partial charge < -0.3 is 14.6 Å². The van der Waals surface area contributed by atoms with Crippen LogP contribution in [0, 0.1) is 0 Å². The van der Waals surface area contributed by atoms with Crippen LogP contribution in [-0.4, -0.2) is 12.6 Å². The smallest absolute Gasteiger partial charge is 0.122 e. The van der Waals surface area contributed by atoms with Crippen LogP contribution in [0.4, 0.5) is 0 Å². The molecule has 0 aliphatic carbocycles. The third-order valence-electron chi connectivity index (χ3n) is 2.21. The van der Waals surface area contributed by atoms with E-state index in [9.17, 15) is 9.90 Å². The lowest BCUT2D eigenvalue weighted by Gasteiger charge is -2.26. The van der Waals surface area contributed by atoms with E-state index in [1.807, 2.05) is 18.2 Å². The number of rotatable bonds is 1. The molecule has 0 saturated carbocycles. The van der Waals surface area contributed by atoms with Crippen molar-refractivity contribution >= 4 is 5.97 Å². The zero-order valence-electron chi connectivity index (χ0n) is 7.03. The molecule has 1 heterocycles. The van der Waals surface area contributed by atoms with Gasteiger partial charge in [0.1, 0.15) is 6.10 Å². The Morgan fingerprint density at radius 2 is 2.23 bits per heavy atom. The summed E-state index contributed by atoms with van der Waals surface area (Å²) < 4.78 is 5.10. The number of aliphatic carboxylic acids is 1. The van der Waals surface area contributed by atoms with Crippen LogP contribution < -0.4 is 5.11 Å². The number of carbonyl (C=O) groups excluding carboxylic acids is 1. The molecular formula is C10H9O3-. The van der Waals surface area contributed by atoms with Gasteiger partial charge in [-0.3, -0.25) is 0 Å². The molecule has 0 radical (unpaired) electrons. The molecule has 1 aromatic rings. The number of carboxylic acid groups (broad SMARTS) is 1. The van der Waals surface area contributed by atoms with Gasteiger partial charge in [-0.15, -0.1) is 0 Å². The van der Waals surface area contributed by atoms with E-state index in [0.29, 0.717) is 6.61 Å². The Bertz CT molecular complexity index is 333. The molecule has 3 nitrogen and oxygen atoms in total. The highest BCUT2D eigenvalue weighted by molar-refractivity contribution is 5.73. The third kappa shape index (κ3) is 1.42. The van der Waals surface area contributed by atoms with Crippen molar-refractivity contribution in [3.63, 3.8) is 0 Å². The Balaban J connectivity index is 2.42. The van der Waals surface area contributed by atoms with Crippen molar-refractivity contribution in [1.82, 2.24) is 0 Å². The number of fused-ring (bicyclic) bond motifs is 1. The number of benzene rings is 1. The Labute approximate surface area is 76.0 Å². The van der Waals surface area contributed by atoms with E-state index in [4.69, 9.17) is 4.74 Å². The highest BCUT2D eigenvalue weighted by atomic mass is 16.5. The van der Waals surface area contributed by atoms with Gasteiger partial charge in [-0.25, -0.2) is 0 Å². The van der Waals surface area contributed by atoms with Gasteiger partial charge in [0, 0.05) is 0 Å². The first-order chi connectivity index (χ1) is 6.29. The quantitative estimate of drug-likeness (QED) is 0.609. The second-order valence-corrected chi connectivity index (χ2v) is 3.02. The van der Waals surface area contributed by atoms with Crippen molar-refractivity contribution in [2.75, 3.05) is 6.61 Å². The summed E-state index contributed by atoms with van der Waals surface area (Å²) in [5.41, 5.74) is 1.77. The van der Waals surface area contributed by atoms with E-state index in [1.54, 1.807) is 6.07 Å². The molecule has 1 unspecified atom stereocenters. The minimum Gasteiger partial charge on any atom is -0.547 e. The summed E-state index contributed by atoms with van der Waals surface area (Å²) in [6.07, 6.45) is -0.107. The van der Waals surface area contributed by atoms with E-state index in [1.165, 1.54) is 0 Å². The highest BCUT2D eigenvalue weighted by Gasteiger charge is 2.20. The van der Waals surface area contributed by atoms with Gasteiger partial charge in [0.2, 0.25) is 0 Å². The first-order valence-electron chi connectivity index (χ1n) is 4.19. The van der Waals surface area contributed by atoms with Gasteiger partial charge in [-0.05, 0) is 17.5 Å². The molecule has 0 bridgehead atoms. The zero-order chi connectivity index (χ0) is 9.26. The molecule has 0 spiro atoms. The second kappa shape index (κ2) is 3.18. The predicted octanol–water partition coefficient (Wildman–Crippen LogP) is 0.0503. The Morgan fingerprint density at radius 3 is 3.00 bits per heavy atom. The van der Waals surface area contributed by atoms with Gasteiger partial charge >= 0.3 is 0 Å². The molecule has 0 fully saturated rings. The van der Waals surface area contributed by atoms with Gasteiger partial charge in [0.15, 0.2) is 0 Å². The van der Waals surface area contributed by atoms with Gasteiger partial charge in [-0.1, -0.05) is 24.3 Å². The van der Waals surface area contributed by atoms with E-state index in [0.717, 1.165) is 17.5 Å². The summed E-state index contributed by atoms with van der Waals surface area (Å²) in [5.74, 6) is -1.16. The molecule has 1 aliphatic rings. The van der Waals surface area contributed by atoms with Crippen molar-refractivity contribution in [2.24, 2.45) is 0 Å². The van der Waals surface area contributed by atoms with Gasteiger partial charge in [0.25, 0.3) is 0 Å². The van der Waals surface area contributed by atoms with E-state index in [2.05, 4.69) is 0 Å². The lowest BCUT2D eigenvalue weighted by atomic mass is 9.98. The maximum atomic E-state index is 10.7. The molecule has 3 heteroatoms. The largest absolute Gasteiger partial charge is 0.547 e. The molecule has 1 aliphatic heterocycles. The van der Waals surface area contributed by atoms with Crippen molar-refractivity contribution in [3.05, 3.63) is 35.4 Å². The third-order valence-corrected chi connectivity index (χ3v) is 2.21. The van der Waals surface area contributed by atoms with Crippen LogP contribution in [0.1, 0.15) is 17.2 Å². The first-order valence-corrected chi connectivity index (χ1v) is 4.19. The fourth-order valence-corrected chi connectivity index (χ4v) is 1.59. The molecule has 1 atom stereocenters. The molecule has 0 amide bonds. The maximum Gasteiger partial charge on any atom is 0.122 e. The summed E-state index contributed by atoms with van der Waals surface area (Å²) in [6.45, 7) is 0.454. The van der Waals surface area contributed by atoms with Crippen molar-refractivity contribution in [2.45, 2.75) is 12.5 Å². The van der Waals surface area contributed by atoms with Crippen LogP contribution in [0.3, 0.4) is 0 Å². The highest BCUT2D eigenvalue weighted by Crippen LogP contribution is 2.25. The van der Waals surface area contributed by atoms with Crippen LogP contribution in [-0.2, 0) is 16.0 Å². The van der Waals surface area contributed by atoms with E-state index >= 15 is 0 Å². The minimum absolute atomic E-state index is 0.454. The first kappa shape index (κ1) is 8.26. The molecular weight excluding hydrogens is 168 g/mol. The number of carbonyl (C=O) groups is 1. The number of hydrogen-bond donors (Lipinski definition) is 0. The van der Waals surface area contributed by atoms with Gasteiger partial charge in [-0.2, -0.15) is 0 Å². The van der Waals surface area contributed by atoms with E-state index < -0.39 is 12.1 Å². The maximum absolute atomic E-state index is 10.7. The molecule has 68 valence electrons. The lowest BCUT2D eigenvalue weighted by Crippen LogP contribution is -2.34.